The normalized spacial score (nSPS) is 38.1. The van der Waals surface area contributed by atoms with E-state index in [-0.39, 0.29) is 11.2 Å². The van der Waals surface area contributed by atoms with Crippen molar-refractivity contribution in [2.75, 3.05) is 44.2 Å². The number of nitrogens with one attached hydrogen (secondary N) is 1. The summed E-state index contributed by atoms with van der Waals surface area (Å²) in [6.07, 6.45) is 7.26. The molecule has 4 nitrogen and oxygen atoms in total. The Kier molecular flexibility index (Phi) is 4.88. The molecule has 0 radical (unpaired) electrons. The molecule has 0 aromatic heterocycles. The van der Waals surface area contributed by atoms with Gasteiger partial charge in [-0.15, -0.1) is 0 Å². The average Bonchev–Trinajstić information content (AvgIpc) is 2.66. The summed E-state index contributed by atoms with van der Waals surface area (Å²) < 4.78 is 13.1. The summed E-state index contributed by atoms with van der Waals surface area (Å²) in [4.78, 5) is 18.1. The number of nitrogens with zero attached hydrogens (tertiary/aromatic N) is 2. The maximum Gasteiger partial charge on any atom is 0.226 e. The van der Waals surface area contributed by atoms with Gasteiger partial charge in [-0.25, -0.2) is 4.39 Å². The lowest BCUT2D eigenvalue weighted by Gasteiger charge is -2.64. The maximum absolute atomic E-state index is 13.3. The second-order valence-corrected chi connectivity index (χ2v) is 11.5. The van der Waals surface area contributed by atoms with Crippen LogP contribution in [0.3, 0.4) is 0 Å². The Labute approximate surface area is 180 Å². The molecule has 2 atom stereocenters. The molecule has 1 aromatic rings. The molecule has 5 aliphatic rings. The second-order valence-electron chi connectivity index (χ2n) is 11.5. The molecule has 1 saturated heterocycles. The van der Waals surface area contributed by atoms with Crippen LogP contribution in [0, 0.1) is 28.0 Å². The number of hydrogen-bond donors (Lipinski definition) is 1. The van der Waals surface area contributed by atoms with Gasteiger partial charge in [0.15, 0.2) is 0 Å². The minimum absolute atomic E-state index is 0.107. The van der Waals surface area contributed by atoms with Gasteiger partial charge in [-0.3, -0.25) is 9.69 Å². The molecule has 6 rings (SSSR count). The van der Waals surface area contributed by atoms with E-state index in [9.17, 15) is 9.18 Å². The molecule has 0 spiro atoms. The van der Waals surface area contributed by atoms with Crippen LogP contribution >= 0.6 is 0 Å². The van der Waals surface area contributed by atoms with Crippen molar-refractivity contribution in [2.24, 2.45) is 22.2 Å². The van der Waals surface area contributed by atoms with E-state index in [0.717, 1.165) is 70.1 Å². The number of hydrogen-bond acceptors (Lipinski definition) is 3. The molecule has 4 saturated carbocycles. The molecule has 4 aliphatic carbocycles. The highest BCUT2D eigenvalue weighted by molar-refractivity contribution is 5.83. The molecule has 164 valence electrons. The summed E-state index contributed by atoms with van der Waals surface area (Å²) in [6, 6.07) is 6.78. The molecular formula is C25H36FN3O. The number of carbonyl (C=O) groups excluding carboxylic acids is 1. The first kappa shape index (κ1) is 20.3. The van der Waals surface area contributed by atoms with Crippen LogP contribution in [0.1, 0.15) is 52.4 Å². The minimum atomic E-state index is -0.185. The first-order valence-electron chi connectivity index (χ1n) is 11.8. The van der Waals surface area contributed by atoms with Crippen molar-refractivity contribution >= 4 is 11.6 Å². The molecule has 1 heterocycles. The van der Waals surface area contributed by atoms with Crippen LogP contribution in [-0.4, -0.2) is 50.1 Å². The Morgan fingerprint density at radius 3 is 2.23 bits per heavy atom. The number of carbonyl (C=O) groups is 1. The molecular weight excluding hydrogens is 377 g/mol. The zero-order chi connectivity index (χ0) is 21.0. The molecule has 1 aromatic carbocycles. The van der Waals surface area contributed by atoms with Crippen LogP contribution in [0.5, 0.6) is 0 Å². The van der Waals surface area contributed by atoms with E-state index in [1.165, 1.54) is 31.4 Å². The highest BCUT2D eigenvalue weighted by atomic mass is 19.1. The Morgan fingerprint density at radius 2 is 1.63 bits per heavy atom. The van der Waals surface area contributed by atoms with Crippen molar-refractivity contribution in [1.82, 2.24) is 10.2 Å². The van der Waals surface area contributed by atoms with Gasteiger partial charge in [-0.05, 0) is 79.5 Å². The first-order valence-corrected chi connectivity index (χ1v) is 11.8. The van der Waals surface area contributed by atoms with E-state index in [0.29, 0.717) is 16.7 Å². The van der Waals surface area contributed by atoms with E-state index < -0.39 is 0 Å². The molecule has 5 fully saturated rings. The van der Waals surface area contributed by atoms with Crippen LogP contribution < -0.4 is 10.2 Å². The van der Waals surface area contributed by atoms with Gasteiger partial charge in [0.25, 0.3) is 0 Å². The van der Waals surface area contributed by atoms with Crippen molar-refractivity contribution in [2.45, 2.75) is 52.4 Å². The summed E-state index contributed by atoms with van der Waals surface area (Å²) in [7, 11) is 0. The van der Waals surface area contributed by atoms with Crippen molar-refractivity contribution < 1.29 is 9.18 Å². The minimum Gasteiger partial charge on any atom is -0.369 e. The summed E-state index contributed by atoms with van der Waals surface area (Å²) in [5.41, 5.74) is 1.74. The molecule has 2 unspecified atom stereocenters. The fraction of sp³-hybridized carbons (Fsp3) is 0.720. The third kappa shape index (κ3) is 3.74. The molecule has 30 heavy (non-hydrogen) atoms. The van der Waals surface area contributed by atoms with Crippen molar-refractivity contribution in [1.29, 1.82) is 0 Å². The van der Waals surface area contributed by atoms with E-state index in [2.05, 4.69) is 29.0 Å². The quantitative estimate of drug-likeness (QED) is 0.791. The van der Waals surface area contributed by atoms with Gasteiger partial charge in [-0.1, -0.05) is 13.8 Å². The van der Waals surface area contributed by atoms with E-state index >= 15 is 0 Å². The monoisotopic (exact) mass is 413 g/mol. The number of amides is 1. The van der Waals surface area contributed by atoms with Gasteiger partial charge in [0.2, 0.25) is 5.91 Å². The number of rotatable bonds is 5. The lowest BCUT2D eigenvalue weighted by molar-refractivity contribution is -0.170. The van der Waals surface area contributed by atoms with Crippen LogP contribution in [0.2, 0.25) is 0 Å². The lowest BCUT2D eigenvalue weighted by atomic mass is 9.40. The molecule has 5 heteroatoms. The van der Waals surface area contributed by atoms with Crippen LogP contribution in [0.25, 0.3) is 0 Å². The predicted molar refractivity (Wildman–Crippen MR) is 118 cm³/mol. The average molecular weight is 414 g/mol. The first-order chi connectivity index (χ1) is 14.3. The topological polar surface area (TPSA) is 35.6 Å². The number of halogens is 1. The van der Waals surface area contributed by atoms with Crippen LogP contribution in [0.15, 0.2) is 24.3 Å². The Balaban J connectivity index is 1.11. The molecule has 4 bridgehead atoms. The standard InChI is InChI=1S/C25H36FN3O/c1-23-13-19-14-24(2,16-23)18-25(15-19,17-23)22(30)27-7-8-28-9-11-29(12-10-28)21-5-3-20(26)4-6-21/h3-6,19H,7-18H2,1-2H3,(H,27,30). The largest absolute Gasteiger partial charge is 0.369 e. The lowest BCUT2D eigenvalue weighted by Crippen LogP contribution is -2.60. The van der Waals surface area contributed by atoms with E-state index in [1.807, 2.05) is 12.1 Å². The summed E-state index contributed by atoms with van der Waals surface area (Å²) in [5, 5.41) is 3.33. The summed E-state index contributed by atoms with van der Waals surface area (Å²) in [6.45, 7) is 10.4. The fourth-order valence-corrected chi connectivity index (χ4v) is 8.10. The van der Waals surface area contributed by atoms with Gasteiger partial charge in [0, 0.05) is 45.0 Å². The van der Waals surface area contributed by atoms with E-state index in [4.69, 9.17) is 0 Å². The van der Waals surface area contributed by atoms with Gasteiger partial charge < -0.3 is 10.2 Å². The van der Waals surface area contributed by atoms with Gasteiger partial charge in [-0.2, -0.15) is 0 Å². The van der Waals surface area contributed by atoms with Crippen molar-refractivity contribution in [3.8, 4) is 0 Å². The third-order valence-corrected chi connectivity index (χ3v) is 8.39. The van der Waals surface area contributed by atoms with Gasteiger partial charge >= 0.3 is 0 Å². The zero-order valence-corrected chi connectivity index (χ0v) is 18.6. The summed E-state index contributed by atoms with van der Waals surface area (Å²) in [5.74, 6) is 0.894. The SMILES string of the molecule is CC12CC3CC(C)(C1)CC(C(=O)NCCN1CCN(c4ccc(F)cc4)CC1)(C3)C2. The molecule has 1 N–H and O–H groups in total. The fourth-order valence-electron chi connectivity index (χ4n) is 8.10. The number of piperazine rings is 1. The number of benzene rings is 1. The molecule has 1 aliphatic heterocycles. The number of anilines is 1. The zero-order valence-electron chi connectivity index (χ0n) is 18.6. The highest BCUT2D eigenvalue weighted by Gasteiger charge is 2.62. The van der Waals surface area contributed by atoms with Crippen molar-refractivity contribution in [3.05, 3.63) is 30.1 Å². The van der Waals surface area contributed by atoms with E-state index in [1.54, 1.807) is 0 Å². The van der Waals surface area contributed by atoms with Crippen LogP contribution in [0.4, 0.5) is 10.1 Å². The highest BCUT2D eigenvalue weighted by Crippen LogP contribution is 2.69. The Morgan fingerprint density at radius 1 is 1.00 bits per heavy atom. The van der Waals surface area contributed by atoms with Gasteiger partial charge in [0.1, 0.15) is 5.82 Å². The Hall–Kier alpha value is -1.62. The van der Waals surface area contributed by atoms with Crippen molar-refractivity contribution in [3.63, 3.8) is 0 Å². The predicted octanol–water partition coefficient (Wildman–Crippen LogP) is 4.06. The van der Waals surface area contributed by atoms with Crippen LogP contribution in [-0.2, 0) is 4.79 Å². The third-order valence-electron chi connectivity index (χ3n) is 8.39. The summed E-state index contributed by atoms with van der Waals surface area (Å²) >= 11 is 0. The Bertz CT molecular complexity index is 783. The molecule has 1 amide bonds. The van der Waals surface area contributed by atoms with Gasteiger partial charge in [0.05, 0.1) is 5.41 Å². The second kappa shape index (κ2) is 7.22. The maximum atomic E-state index is 13.3. The smallest absolute Gasteiger partial charge is 0.226 e.